The lowest BCUT2D eigenvalue weighted by molar-refractivity contribution is -0.385. The molecule has 1 atom stereocenters. The molecule has 0 bridgehead atoms. The monoisotopic (exact) mass is 240 g/mol. The van der Waals surface area contributed by atoms with Gasteiger partial charge in [0.1, 0.15) is 0 Å². The van der Waals surface area contributed by atoms with Gasteiger partial charge in [-0.25, -0.2) is 0 Å². The zero-order valence-electron chi connectivity index (χ0n) is 9.26. The molecule has 88 valence electrons. The number of nitrogens with zero attached hydrogens (tertiary/aromatic N) is 1. The minimum atomic E-state index is -0.330. The second-order valence-electron chi connectivity index (χ2n) is 3.58. The molecule has 0 aliphatic rings. The molecule has 2 N–H and O–H groups in total. The van der Waals surface area contributed by atoms with Crippen LogP contribution in [0.5, 0.6) is 0 Å². The topological polar surface area (TPSA) is 69.2 Å². The number of hydrogen-bond donors (Lipinski definition) is 1. The van der Waals surface area contributed by atoms with Crippen molar-refractivity contribution in [1.82, 2.24) is 0 Å². The summed E-state index contributed by atoms with van der Waals surface area (Å²) in [7, 11) is 0. The quantitative estimate of drug-likeness (QED) is 0.613. The van der Waals surface area contributed by atoms with Crippen LogP contribution in [0.2, 0.25) is 0 Å². The lowest BCUT2D eigenvalue weighted by Gasteiger charge is -2.09. The second-order valence-corrected chi connectivity index (χ2v) is 5.01. The van der Waals surface area contributed by atoms with Crippen LogP contribution in [-0.4, -0.2) is 16.7 Å². The molecule has 1 rings (SSSR count). The minimum absolute atomic E-state index is 0.204. The van der Waals surface area contributed by atoms with Crippen LogP contribution in [0, 0.1) is 10.1 Å². The molecule has 1 aromatic carbocycles. The van der Waals surface area contributed by atoms with E-state index in [9.17, 15) is 10.1 Å². The molecular formula is C11H16N2O2S. The number of nitro groups is 1. The predicted molar refractivity (Wildman–Crippen MR) is 67.5 cm³/mol. The maximum Gasteiger partial charge on any atom is 0.273 e. The maximum atomic E-state index is 10.8. The molecule has 4 nitrogen and oxygen atoms in total. The molecule has 16 heavy (non-hydrogen) atoms. The van der Waals surface area contributed by atoms with E-state index in [-0.39, 0.29) is 10.6 Å². The third-order valence-electron chi connectivity index (χ3n) is 2.28. The molecule has 0 saturated heterocycles. The number of hydrogen-bond acceptors (Lipinski definition) is 4. The van der Waals surface area contributed by atoms with Crippen molar-refractivity contribution in [2.45, 2.75) is 24.3 Å². The van der Waals surface area contributed by atoms with E-state index >= 15 is 0 Å². The molecule has 5 heteroatoms. The van der Waals surface area contributed by atoms with Crippen molar-refractivity contribution >= 4 is 17.4 Å². The van der Waals surface area contributed by atoms with Crippen LogP contribution in [0.4, 0.5) is 5.69 Å². The standard InChI is InChI=1S/C11H16N2O2S/c1-9(6-7-12)16-8-10-4-2-3-5-11(10)13(14)15/h2-5,9H,6-8,12H2,1H3. The highest BCUT2D eigenvalue weighted by molar-refractivity contribution is 7.99. The molecule has 0 spiro atoms. The van der Waals surface area contributed by atoms with E-state index in [4.69, 9.17) is 5.73 Å². The van der Waals surface area contributed by atoms with Crippen LogP contribution in [-0.2, 0) is 5.75 Å². The first kappa shape index (κ1) is 13.0. The fourth-order valence-corrected chi connectivity index (χ4v) is 2.37. The van der Waals surface area contributed by atoms with Crippen LogP contribution in [0.1, 0.15) is 18.9 Å². The van der Waals surface area contributed by atoms with Gasteiger partial charge in [-0.3, -0.25) is 10.1 Å². The Balaban J connectivity index is 2.63. The second kappa shape index (κ2) is 6.50. The van der Waals surface area contributed by atoms with E-state index in [0.29, 0.717) is 17.5 Å². The Labute approximate surface area is 99.4 Å². The number of nitro benzene ring substituents is 1. The summed E-state index contributed by atoms with van der Waals surface area (Å²) in [5, 5.41) is 11.2. The smallest absolute Gasteiger partial charge is 0.273 e. The molecule has 0 aliphatic carbocycles. The van der Waals surface area contributed by atoms with Gasteiger partial charge >= 0.3 is 0 Å². The number of rotatable bonds is 6. The third kappa shape index (κ3) is 3.83. The molecule has 0 heterocycles. The van der Waals surface area contributed by atoms with Gasteiger partial charge in [0.15, 0.2) is 0 Å². The number of nitrogens with two attached hydrogens (primary N) is 1. The lowest BCUT2D eigenvalue weighted by atomic mass is 10.2. The molecule has 0 aromatic heterocycles. The zero-order valence-corrected chi connectivity index (χ0v) is 10.1. The highest BCUT2D eigenvalue weighted by atomic mass is 32.2. The number of thioether (sulfide) groups is 1. The van der Waals surface area contributed by atoms with E-state index in [1.165, 1.54) is 0 Å². The first-order valence-corrected chi connectivity index (χ1v) is 6.24. The molecule has 0 amide bonds. The molecule has 1 aromatic rings. The Hall–Kier alpha value is -1.07. The average molecular weight is 240 g/mol. The fraction of sp³-hybridized carbons (Fsp3) is 0.455. The fourth-order valence-electron chi connectivity index (χ4n) is 1.36. The van der Waals surface area contributed by atoms with E-state index < -0.39 is 0 Å². The summed E-state index contributed by atoms with van der Waals surface area (Å²) >= 11 is 1.70. The summed E-state index contributed by atoms with van der Waals surface area (Å²) in [6, 6.07) is 6.87. The Morgan fingerprint density at radius 1 is 1.50 bits per heavy atom. The minimum Gasteiger partial charge on any atom is -0.330 e. The lowest BCUT2D eigenvalue weighted by Crippen LogP contribution is -2.07. The van der Waals surface area contributed by atoms with Crippen LogP contribution in [0.15, 0.2) is 24.3 Å². The normalized spacial score (nSPS) is 12.4. The van der Waals surface area contributed by atoms with Crippen molar-refractivity contribution in [3.8, 4) is 0 Å². The highest BCUT2D eigenvalue weighted by Gasteiger charge is 2.13. The SMILES string of the molecule is CC(CCN)SCc1ccccc1[N+](=O)[O-]. The number of benzene rings is 1. The third-order valence-corrected chi connectivity index (χ3v) is 3.57. The van der Waals surface area contributed by atoms with Gasteiger partial charge in [-0.15, -0.1) is 0 Å². The van der Waals surface area contributed by atoms with E-state index in [2.05, 4.69) is 6.92 Å². The highest BCUT2D eigenvalue weighted by Crippen LogP contribution is 2.25. The first-order chi connectivity index (χ1) is 7.65. The van der Waals surface area contributed by atoms with Gasteiger partial charge in [0.05, 0.1) is 4.92 Å². The van der Waals surface area contributed by atoms with Crippen molar-refractivity contribution in [3.63, 3.8) is 0 Å². The van der Waals surface area contributed by atoms with Crippen molar-refractivity contribution in [3.05, 3.63) is 39.9 Å². The van der Waals surface area contributed by atoms with Crippen molar-refractivity contribution in [2.24, 2.45) is 5.73 Å². The molecule has 1 unspecified atom stereocenters. The average Bonchev–Trinajstić information content (AvgIpc) is 2.27. The van der Waals surface area contributed by atoms with Gasteiger partial charge in [0.2, 0.25) is 0 Å². The summed E-state index contributed by atoms with van der Waals surface area (Å²) < 4.78 is 0. The van der Waals surface area contributed by atoms with Crippen molar-refractivity contribution < 1.29 is 4.92 Å². The van der Waals surface area contributed by atoms with Crippen LogP contribution in [0.25, 0.3) is 0 Å². The Kier molecular flexibility index (Phi) is 5.28. The summed E-state index contributed by atoms with van der Waals surface area (Å²) in [4.78, 5) is 10.4. The Bertz CT molecular complexity index is 358. The van der Waals surface area contributed by atoms with Gasteiger partial charge in [-0.1, -0.05) is 25.1 Å². The van der Waals surface area contributed by atoms with Gasteiger partial charge < -0.3 is 5.73 Å². The van der Waals surface area contributed by atoms with Crippen molar-refractivity contribution in [1.29, 1.82) is 0 Å². The summed E-state index contributed by atoms with van der Waals surface area (Å²) in [6.45, 7) is 2.75. The summed E-state index contributed by atoms with van der Waals surface area (Å²) in [5.41, 5.74) is 6.44. The van der Waals surface area contributed by atoms with Gasteiger partial charge in [0.25, 0.3) is 5.69 Å². The van der Waals surface area contributed by atoms with Gasteiger partial charge in [-0.05, 0) is 13.0 Å². The zero-order chi connectivity index (χ0) is 12.0. The van der Waals surface area contributed by atoms with Crippen LogP contribution < -0.4 is 5.73 Å². The van der Waals surface area contributed by atoms with Gasteiger partial charge in [-0.2, -0.15) is 11.8 Å². The predicted octanol–water partition coefficient (Wildman–Crippen LogP) is 2.57. The van der Waals surface area contributed by atoms with Crippen molar-refractivity contribution in [2.75, 3.05) is 6.54 Å². The largest absolute Gasteiger partial charge is 0.330 e. The number of para-hydroxylation sites is 1. The van der Waals surface area contributed by atoms with Gasteiger partial charge in [0, 0.05) is 22.6 Å². The molecule has 0 saturated carbocycles. The van der Waals surface area contributed by atoms with E-state index in [1.807, 2.05) is 6.07 Å². The van der Waals surface area contributed by atoms with Crippen LogP contribution in [0.3, 0.4) is 0 Å². The first-order valence-electron chi connectivity index (χ1n) is 5.19. The molecule has 0 aliphatic heterocycles. The summed E-state index contributed by atoms with van der Waals surface area (Å²) in [6.07, 6.45) is 0.936. The Morgan fingerprint density at radius 3 is 2.81 bits per heavy atom. The molecule has 0 fully saturated rings. The molecular weight excluding hydrogens is 224 g/mol. The van der Waals surface area contributed by atoms with Crippen LogP contribution >= 0.6 is 11.8 Å². The maximum absolute atomic E-state index is 10.8. The Morgan fingerprint density at radius 2 is 2.19 bits per heavy atom. The molecule has 0 radical (unpaired) electrons. The van der Waals surface area contributed by atoms with E-state index in [0.717, 1.165) is 12.0 Å². The van der Waals surface area contributed by atoms with E-state index in [1.54, 1.807) is 30.0 Å². The summed E-state index contributed by atoms with van der Waals surface area (Å²) in [5.74, 6) is 0.665.